The lowest BCUT2D eigenvalue weighted by atomic mass is 10.1. The number of carbonyl (C=O) groups is 1. The van der Waals surface area contributed by atoms with Crippen LogP contribution in [0.2, 0.25) is 0 Å². The Labute approximate surface area is 124 Å². The van der Waals surface area contributed by atoms with Gasteiger partial charge in [-0.15, -0.1) is 11.3 Å². The molecule has 1 fully saturated rings. The number of aryl methyl sites for hydroxylation is 1. The smallest absolute Gasteiger partial charge is 0.306 e. The van der Waals surface area contributed by atoms with Crippen molar-refractivity contribution in [1.82, 2.24) is 14.8 Å². The summed E-state index contributed by atoms with van der Waals surface area (Å²) in [6.07, 6.45) is 0.483. The van der Waals surface area contributed by atoms with Crippen LogP contribution in [-0.4, -0.2) is 60.1 Å². The number of methoxy groups -OCH3 is 1. The Morgan fingerprint density at radius 2 is 2.35 bits per heavy atom. The third kappa shape index (κ3) is 4.01. The van der Waals surface area contributed by atoms with E-state index in [4.69, 9.17) is 4.74 Å². The van der Waals surface area contributed by atoms with Crippen molar-refractivity contribution >= 4 is 17.3 Å². The number of ether oxygens (including phenoxy) is 1. The van der Waals surface area contributed by atoms with Gasteiger partial charge in [0.1, 0.15) is 0 Å². The van der Waals surface area contributed by atoms with Crippen LogP contribution in [0.3, 0.4) is 0 Å². The molecule has 5 nitrogen and oxygen atoms in total. The molecule has 0 aromatic carbocycles. The zero-order chi connectivity index (χ0) is 14.5. The molecule has 0 radical (unpaired) electrons. The molecule has 6 heteroatoms. The fourth-order valence-electron chi connectivity index (χ4n) is 2.52. The number of hydrogen-bond acceptors (Lipinski definition) is 6. The minimum Gasteiger partial charge on any atom is -0.469 e. The Kier molecular flexibility index (Phi) is 5.51. The Balaban J connectivity index is 1.80. The van der Waals surface area contributed by atoms with Crippen molar-refractivity contribution in [2.24, 2.45) is 0 Å². The van der Waals surface area contributed by atoms with E-state index in [1.165, 1.54) is 12.0 Å². The van der Waals surface area contributed by atoms with E-state index in [0.717, 1.165) is 38.4 Å². The van der Waals surface area contributed by atoms with E-state index in [2.05, 4.69) is 28.6 Å². The third-order valence-electron chi connectivity index (χ3n) is 3.90. The SMILES string of the molecule is COC(=O)CCN1CCN(Cc2scnc2C)[C@@H](C)C1. The molecule has 2 rings (SSSR count). The normalized spacial score (nSPS) is 21.1. The van der Waals surface area contributed by atoms with Crippen LogP contribution in [0.15, 0.2) is 5.51 Å². The van der Waals surface area contributed by atoms with E-state index in [1.54, 1.807) is 11.3 Å². The quantitative estimate of drug-likeness (QED) is 0.771. The molecule has 0 amide bonds. The highest BCUT2D eigenvalue weighted by atomic mass is 32.1. The van der Waals surface area contributed by atoms with E-state index in [1.807, 2.05) is 5.51 Å². The number of rotatable bonds is 5. The maximum atomic E-state index is 11.2. The molecule has 1 aliphatic rings. The summed E-state index contributed by atoms with van der Waals surface area (Å²) in [7, 11) is 1.44. The van der Waals surface area contributed by atoms with Crippen molar-refractivity contribution in [3.8, 4) is 0 Å². The van der Waals surface area contributed by atoms with E-state index >= 15 is 0 Å². The van der Waals surface area contributed by atoms with Gasteiger partial charge in [0, 0.05) is 43.6 Å². The summed E-state index contributed by atoms with van der Waals surface area (Å²) >= 11 is 1.74. The van der Waals surface area contributed by atoms with Crippen LogP contribution < -0.4 is 0 Å². The average molecular weight is 297 g/mol. The zero-order valence-corrected chi connectivity index (χ0v) is 13.3. The lowest BCUT2D eigenvalue weighted by molar-refractivity contribution is -0.141. The summed E-state index contributed by atoms with van der Waals surface area (Å²) in [5.41, 5.74) is 3.07. The second-order valence-electron chi connectivity index (χ2n) is 5.31. The van der Waals surface area contributed by atoms with Crippen LogP contribution >= 0.6 is 11.3 Å². The minimum atomic E-state index is -0.125. The molecule has 2 heterocycles. The fourth-order valence-corrected chi connectivity index (χ4v) is 3.32. The molecule has 1 aliphatic heterocycles. The van der Waals surface area contributed by atoms with E-state index < -0.39 is 0 Å². The second kappa shape index (κ2) is 7.15. The molecule has 0 aliphatic carbocycles. The molecular formula is C14H23N3O2S. The van der Waals surface area contributed by atoms with Gasteiger partial charge in [-0.3, -0.25) is 14.6 Å². The summed E-state index contributed by atoms with van der Waals surface area (Å²) in [6.45, 7) is 9.17. The van der Waals surface area contributed by atoms with Gasteiger partial charge in [-0.05, 0) is 13.8 Å². The highest BCUT2D eigenvalue weighted by molar-refractivity contribution is 7.09. The molecule has 0 saturated carbocycles. The van der Waals surface area contributed by atoms with Crippen LogP contribution in [0, 0.1) is 6.92 Å². The van der Waals surface area contributed by atoms with Gasteiger partial charge in [0.25, 0.3) is 0 Å². The topological polar surface area (TPSA) is 45.7 Å². The first-order chi connectivity index (χ1) is 9.60. The number of piperazine rings is 1. The molecule has 20 heavy (non-hydrogen) atoms. The molecule has 0 N–H and O–H groups in total. The summed E-state index contributed by atoms with van der Waals surface area (Å²) in [4.78, 5) is 21.7. The standard InChI is InChI=1S/C14H23N3O2S/c1-11-8-16(5-4-14(18)19-3)6-7-17(11)9-13-12(2)15-10-20-13/h10-11H,4-9H2,1-3H3/t11-/m0/s1. The lowest BCUT2D eigenvalue weighted by Crippen LogP contribution is -2.51. The Hall–Kier alpha value is -0.980. The summed E-state index contributed by atoms with van der Waals surface area (Å²) in [6, 6.07) is 0.503. The van der Waals surface area contributed by atoms with Crippen LogP contribution in [0.25, 0.3) is 0 Å². The van der Waals surface area contributed by atoms with Gasteiger partial charge < -0.3 is 4.74 Å². The van der Waals surface area contributed by atoms with Crippen LogP contribution in [0.4, 0.5) is 0 Å². The van der Waals surface area contributed by atoms with Crippen molar-refractivity contribution in [3.63, 3.8) is 0 Å². The summed E-state index contributed by atoms with van der Waals surface area (Å²) < 4.78 is 4.69. The number of aromatic nitrogens is 1. The highest BCUT2D eigenvalue weighted by Gasteiger charge is 2.24. The van der Waals surface area contributed by atoms with Crippen molar-refractivity contribution in [2.75, 3.05) is 33.3 Å². The largest absolute Gasteiger partial charge is 0.469 e. The van der Waals surface area contributed by atoms with Gasteiger partial charge in [0.2, 0.25) is 0 Å². The lowest BCUT2D eigenvalue weighted by Gasteiger charge is -2.39. The molecule has 0 bridgehead atoms. The van der Waals surface area contributed by atoms with Gasteiger partial charge >= 0.3 is 5.97 Å². The maximum absolute atomic E-state index is 11.2. The van der Waals surface area contributed by atoms with E-state index in [0.29, 0.717) is 12.5 Å². The van der Waals surface area contributed by atoms with Crippen molar-refractivity contribution in [1.29, 1.82) is 0 Å². The number of nitrogens with zero attached hydrogens (tertiary/aromatic N) is 3. The van der Waals surface area contributed by atoms with Gasteiger partial charge in [0.05, 0.1) is 24.7 Å². The average Bonchev–Trinajstić information content (AvgIpc) is 2.84. The minimum absolute atomic E-state index is 0.125. The van der Waals surface area contributed by atoms with Crippen molar-refractivity contribution < 1.29 is 9.53 Å². The van der Waals surface area contributed by atoms with Gasteiger partial charge in [-0.1, -0.05) is 0 Å². The number of thiazole rings is 1. The van der Waals surface area contributed by atoms with Gasteiger partial charge in [-0.25, -0.2) is 4.98 Å². The van der Waals surface area contributed by atoms with Gasteiger partial charge in [-0.2, -0.15) is 0 Å². The van der Waals surface area contributed by atoms with Gasteiger partial charge in [0.15, 0.2) is 0 Å². The molecular weight excluding hydrogens is 274 g/mol. The first-order valence-electron chi connectivity index (χ1n) is 7.02. The number of esters is 1. The highest BCUT2D eigenvalue weighted by Crippen LogP contribution is 2.19. The zero-order valence-electron chi connectivity index (χ0n) is 12.5. The summed E-state index contributed by atoms with van der Waals surface area (Å²) in [5.74, 6) is -0.125. The first kappa shape index (κ1) is 15.4. The Bertz CT molecular complexity index is 449. The Morgan fingerprint density at radius 3 is 2.95 bits per heavy atom. The first-order valence-corrected chi connectivity index (χ1v) is 7.90. The number of hydrogen-bond donors (Lipinski definition) is 0. The molecule has 1 saturated heterocycles. The molecule has 112 valence electrons. The van der Waals surface area contributed by atoms with Crippen LogP contribution in [0.5, 0.6) is 0 Å². The predicted molar refractivity (Wildman–Crippen MR) is 79.8 cm³/mol. The Morgan fingerprint density at radius 1 is 1.55 bits per heavy atom. The fraction of sp³-hybridized carbons (Fsp3) is 0.714. The van der Waals surface area contributed by atoms with E-state index in [9.17, 15) is 4.79 Å². The van der Waals surface area contributed by atoms with Crippen molar-refractivity contribution in [2.45, 2.75) is 32.9 Å². The van der Waals surface area contributed by atoms with Crippen molar-refractivity contribution in [3.05, 3.63) is 16.1 Å². The molecule has 1 atom stereocenters. The predicted octanol–water partition coefficient (Wildman–Crippen LogP) is 1.52. The third-order valence-corrected chi connectivity index (χ3v) is 4.82. The summed E-state index contributed by atoms with van der Waals surface area (Å²) in [5, 5.41) is 0. The molecule has 1 aromatic heterocycles. The van der Waals surface area contributed by atoms with E-state index in [-0.39, 0.29) is 5.97 Å². The number of carbonyl (C=O) groups excluding carboxylic acids is 1. The molecule has 0 spiro atoms. The van der Waals surface area contributed by atoms with Crippen LogP contribution in [0.1, 0.15) is 23.9 Å². The molecule has 1 aromatic rings. The molecule has 0 unspecified atom stereocenters. The maximum Gasteiger partial charge on any atom is 0.306 e. The second-order valence-corrected chi connectivity index (χ2v) is 6.25. The van der Waals surface area contributed by atoms with Crippen LogP contribution in [-0.2, 0) is 16.1 Å². The monoisotopic (exact) mass is 297 g/mol.